The summed E-state index contributed by atoms with van der Waals surface area (Å²) in [5.41, 5.74) is 0.217. The second-order valence-corrected chi connectivity index (χ2v) is 8.17. The van der Waals surface area contributed by atoms with Gasteiger partial charge in [0.1, 0.15) is 11.3 Å². The lowest BCUT2D eigenvalue weighted by molar-refractivity contribution is 0.152. The lowest BCUT2D eigenvalue weighted by atomic mass is 9.93. The van der Waals surface area contributed by atoms with Crippen LogP contribution in [0.4, 0.5) is 0 Å². The highest BCUT2D eigenvalue weighted by atomic mass is 32.2. The minimum atomic E-state index is -0.340. The molecule has 1 N–H and O–H groups in total. The van der Waals surface area contributed by atoms with Crippen molar-refractivity contribution in [2.24, 2.45) is 14.1 Å². The molecule has 1 saturated heterocycles. The summed E-state index contributed by atoms with van der Waals surface area (Å²) in [6.45, 7) is 1.77. The first-order valence-corrected chi connectivity index (χ1v) is 9.61. The van der Waals surface area contributed by atoms with Gasteiger partial charge in [-0.3, -0.25) is 18.8 Å². The van der Waals surface area contributed by atoms with E-state index in [1.807, 2.05) is 0 Å². The minimum absolute atomic E-state index is 0.309. The molecule has 1 aliphatic heterocycles. The molecule has 0 spiro atoms. The largest absolute Gasteiger partial charge is 0.335 e. The summed E-state index contributed by atoms with van der Waals surface area (Å²) < 4.78 is 2.56. The third-order valence-corrected chi connectivity index (χ3v) is 6.74. The number of fused-ring (bicyclic) bond motifs is 2. The number of thioether (sulfide) groups is 1. The topological polar surface area (TPSA) is 75.9 Å². The number of nitrogens with one attached hydrogen (secondary N) is 1. The first-order chi connectivity index (χ1) is 11.6. The monoisotopic (exact) mass is 349 g/mol. The third kappa shape index (κ3) is 2.52. The van der Waals surface area contributed by atoms with Crippen molar-refractivity contribution < 1.29 is 0 Å². The fourth-order valence-corrected chi connectivity index (χ4v) is 5.52. The molecular weight excluding hydrogens is 326 g/mol. The van der Waals surface area contributed by atoms with Crippen molar-refractivity contribution in [1.82, 2.24) is 24.0 Å². The van der Waals surface area contributed by atoms with Gasteiger partial charge in [0.2, 0.25) is 0 Å². The number of rotatable bonds is 2. The van der Waals surface area contributed by atoms with Crippen LogP contribution >= 0.6 is 11.8 Å². The van der Waals surface area contributed by atoms with E-state index in [4.69, 9.17) is 0 Å². The molecule has 8 heteroatoms. The van der Waals surface area contributed by atoms with Crippen LogP contribution in [0.2, 0.25) is 0 Å². The van der Waals surface area contributed by atoms with Gasteiger partial charge in [-0.25, -0.2) is 9.78 Å². The summed E-state index contributed by atoms with van der Waals surface area (Å²) in [6, 6.07) is 0.609. The maximum atomic E-state index is 12.3. The Balaban J connectivity index is 1.67. The summed E-state index contributed by atoms with van der Waals surface area (Å²) >= 11 is 2.10. The number of H-pyrrole nitrogens is 1. The quantitative estimate of drug-likeness (QED) is 0.869. The Labute approximate surface area is 144 Å². The van der Waals surface area contributed by atoms with Gasteiger partial charge in [0.15, 0.2) is 5.65 Å². The smallest absolute Gasteiger partial charge is 0.332 e. The van der Waals surface area contributed by atoms with Crippen LogP contribution in [0.5, 0.6) is 0 Å². The van der Waals surface area contributed by atoms with Gasteiger partial charge >= 0.3 is 5.69 Å². The van der Waals surface area contributed by atoms with E-state index in [9.17, 15) is 9.59 Å². The van der Waals surface area contributed by atoms with Crippen LogP contribution in [0.25, 0.3) is 11.2 Å². The number of imidazole rings is 1. The zero-order valence-electron chi connectivity index (χ0n) is 14.1. The van der Waals surface area contributed by atoms with E-state index in [2.05, 4.69) is 26.6 Å². The first-order valence-electron chi connectivity index (χ1n) is 8.56. The van der Waals surface area contributed by atoms with Gasteiger partial charge in [-0.15, -0.1) is 0 Å². The van der Waals surface area contributed by atoms with Crippen molar-refractivity contribution in [2.75, 3.05) is 12.3 Å². The fraction of sp³-hybridized carbons (Fsp3) is 0.688. The molecule has 1 aliphatic carbocycles. The Morgan fingerprint density at radius 2 is 2.00 bits per heavy atom. The van der Waals surface area contributed by atoms with Crippen LogP contribution in [0.15, 0.2) is 9.59 Å². The summed E-state index contributed by atoms with van der Waals surface area (Å²) in [6.07, 6.45) is 5.19. The van der Waals surface area contributed by atoms with Crippen molar-refractivity contribution in [3.63, 3.8) is 0 Å². The highest BCUT2D eigenvalue weighted by Gasteiger charge is 2.34. The van der Waals surface area contributed by atoms with E-state index < -0.39 is 0 Å². The van der Waals surface area contributed by atoms with E-state index >= 15 is 0 Å². The fourth-order valence-electron chi connectivity index (χ4n) is 4.01. The summed E-state index contributed by atoms with van der Waals surface area (Å²) in [5.74, 6) is 1.93. The van der Waals surface area contributed by atoms with Gasteiger partial charge in [-0.05, 0) is 12.8 Å². The summed E-state index contributed by atoms with van der Waals surface area (Å²) in [7, 11) is 3.16. The highest BCUT2D eigenvalue weighted by Crippen LogP contribution is 2.36. The van der Waals surface area contributed by atoms with E-state index in [0.717, 1.165) is 27.9 Å². The molecule has 2 aromatic rings. The Morgan fingerprint density at radius 1 is 1.21 bits per heavy atom. The molecule has 2 aliphatic rings. The number of hydrogen-bond donors (Lipinski definition) is 1. The van der Waals surface area contributed by atoms with Gasteiger partial charge in [-0.2, -0.15) is 11.8 Å². The molecule has 2 aromatic heterocycles. The summed E-state index contributed by atoms with van der Waals surface area (Å²) in [4.78, 5) is 34.6. The Morgan fingerprint density at radius 3 is 2.83 bits per heavy atom. The predicted molar refractivity (Wildman–Crippen MR) is 95.5 cm³/mol. The molecule has 0 radical (unpaired) electrons. The van der Waals surface area contributed by atoms with Crippen LogP contribution in [0.1, 0.15) is 31.5 Å². The number of aromatic amines is 1. The Kier molecular flexibility index (Phi) is 4.04. The molecule has 0 aromatic carbocycles. The van der Waals surface area contributed by atoms with E-state index in [1.54, 1.807) is 7.05 Å². The van der Waals surface area contributed by atoms with Gasteiger partial charge in [0.05, 0.1) is 6.54 Å². The predicted octanol–water partition coefficient (Wildman–Crippen LogP) is 0.820. The molecule has 4 rings (SSSR count). The molecule has 24 heavy (non-hydrogen) atoms. The van der Waals surface area contributed by atoms with Crippen LogP contribution in [-0.4, -0.2) is 47.6 Å². The maximum Gasteiger partial charge on any atom is 0.332 e. The maximum absolute atomic E-state index is 12.3. The van der Waals surface area contributed by atoms with Crippen LogP contribution < -0.4 is 11.2 Å². The van der Waals surface area contributed by atoms with Crippen LogP contribution in [-0.2, 0) is 20.6 Å². The number of nitrogens with zero attached hydrogens (tertiary/aromatic N) is 4. The van der Waals surface area contributed by atoms with Crippen molar-refractivity contribution in [1.29, 1.82) is 0 Å². The zero-order valence-corrected chi connectivity index (χ0v) is 14.9. The molecule has 7 nitrogen and oxygen atoms in total. The molecule has 2 fully saturated rings. The minimum Gasteiger partial charge on any atom is -0.335 e. The van der Waals surface area contributed by atoms with Crippen molar-refractivity contribution >= 4 is 22.9 Å². The molecule has 1 saturated carbocycles. The third-order valence-electron chi connectivity index (χ3n) is 5.34. The van der Waals surface area contributed by atoms with Crippen LogP contribution in [0, 0.1) is 0 Å². The molecule has 3 heterocycles. The number of hydrogen-bond acceptors (Lipinski definition) is 5. The highest BCUT2D eigenvalue weighted by molar-refractivity contribution is 8.00. The van der Waals surface area contributed by atoms with Gasteiger partial charge in [0.25, 0.3) is 5.56 Å². The van der Waals surface area contributed by atoms with Gasteiger partial charge in [-0.1, -0.05) is 12.8 Å². The SMILES string of the molecule is Cn1c(=O)c2[nH]c(CN3CCS[C@@H]4CCCC[C@H]43)nc2n(C)c1=O. The molecular formula is C16H23N5O2S. The van der Waals surface area contributed by atoms with Crippen molar-refractivity contribution in [3.8, 4) is 0 Å². The van der Waals surface area contributed by atoms with E-state index in [1.165, 1.54) is 37.3 Å². The molecule has 0 unspecified atom stereocenters. The number of aromatic nitrogens is 4. The Bertz CT molecular complexity index is 881. The second kappa shape index (κ2) is 6.07. The lowest BCUT2D eigenvalue weighted by Gasteiger charge is -2.43. The molecule has 130 valence electrons. The number of aryl methyl sites for hydroxylation is 1. The Hall–Kier alpha value is -1.54. The first kappa shape index (κ1) is 16.0. The van der Waals surface area contributed by atoms with Crippen molar-refractivity contribution in [3.05, 3.63) is 26.7 Å². The van der Waals surface area contributed by atoms with Crippen molar-refractivity contribution in [2.45, 2.75) is 43.5 Å². The average Bonchev–Trinajstić information content (AvgIpc) is 3.02. The van der Waals surface area contributed by atoms with Crippen LogP contribution in [0.3, 0.4) is 0 Å². The van der Waals surface area contributed by atoms with Gasteiger partial charge < -0.3 is 4.98 Å². The van der Waals surface area contributed by atoms with Gasteiger partial charge in [0, 0.05) is 37.7 Å². The molecule has 0 bridgehead atoms. The average molecular weight is 349 g/mol. The van der Waals surface area contributed by atoms with E-state index in [0.29, 0.717) is 23.8 Å². The van der Waals surface area contributed by atoms with E-state index in [-0.39, 0.29) is 11.2 Å². The summed E-state index contributed by atoms with van der Waals surface area (Å²) in [5, 5.41) is 0.731. The second-order valence-electron chi connectivity index (χ2n) is 6.82. The lowest BCUT2D eigenvalue weighted by Crippen LogP contribution is -2.48. The zero-order chi connectivity index (χ0) is 16.8. The standard InChI is InChI=1S/C16H23N5O2S/c1-19-14-13(15(22)20(2)16(19)23)17-12(18-14)9-21-7-8-24-11-6-4-3-5-10(11)21/h10-11H,3-9H2,1-2H3,(H,17,18)/t10-,11-/m1/s1. The molecule has 0 amide bonds. The normalized spacial score (nSPS) is 25.1. The molecule has 2 atom stereocenters.